The van der Waals surface area contributed by atoms with Gasteiger partial charge in [0.2, 0.25) is 17.2 Å². The van der Waals surface area contributed by atoms with E-state index in [0.29, 0.717) is 11.1 Å². The van der Waals surface area contributed by atoms with Gasteiger partial charge in [0.25, 0.3) is 0 Å². The summed E-state index contributed by atoms with van der Waals surface area (Å²) >= 11 is 82.3. The molecule has 0 unspecified atom stereocenters. The number of halogens is 11. The summed E-state index contributed by atoms with van der Waals surface area (Å²) in [5, 5.41) is 5.32. The number of aliphatic hydroxyl groups excluding tert-OH is 1. The first kappa shape index (κ1) is 69.6. The van der Waals surface area contributed by atoms with Crippen LogP contribution in [0.2, 0.25) is 55.2 Å². The first-order valence-electron chi connectivity index (χ1n) is 27.7. The van der Waals surface area contributed by atoms with E-state index in [1.807, 2.05) is 0 Å². The molecule has 32 heteroatoms. The van der Waals surface area contributed by atoms with Crippen LogP contribution in [0.4, 0.5) is 0 Å². The van der Waals surface area contributed by atoms with Gasteiger partial charge in [0, 0.05) is 79.1 Å². The summed E-state index contributed by atoms with van der Waals surface area (Å²) in [4.78, 5) is 40.7. The number of hydrogen-bond donors (Lipinski definition) is 1. The van der Waals surface area contributed by atoms with Crippen LogP contribution in [0.1, 0.15) is 11.1 Å². The first-order valence-corrected chi connectivity index (χ1v) is 31.9. The number of para-hydroxylation sites is 4. The van der Waals surface area contributed by atoms with E-state index in [1.165, 1.54) is 42.7 Å². The Hall–Kier alpha value is -7.31. The predicted octanol–water partition coefficient (Wildman–Crippen LogP) is 20.3. The van der Waals surface area contributed by atoms with Crippen LogP contribution in [0, 0.1) is 6.92 Å². The number of benzene rings is 8. The smallest absolute Gasteiger partial charge is 0.493 e. The molecule has 14 rings (SSSR count). The molecule has 0 saturated carbocycles. The van der Waals surface area contributed by atoms with Crippen LogP contribution < -0.4 is 62.1 Å². The van der Waals surface area contributed by atoms with Gasteiger partial charge in [-0.25, -0.2) is 9.97 Å². The predicted molar refractivity (Wildman–Crippen MR) is 372 cm³/mol. The SMILES string of the molecule is CO.COc1cccc2c1Oc1c(Cl)c(Cl)c3c4nc5nc(nc6[n-]c(nc7nc(nc([n-]4)c3c1Cl)-c1c(Cl)c(c(Cl)c(C)c1-7)Oc1c(OC)cccc1OC2)c1c(Cl)c(Oc2c(OC)cccc2OC)c(Cl)c(Cl)c61)-c1c(Cl)c(Oc2c(OC)cccc2OC)c(Cl)c(Cl)c1-5.[Zn+2]. The Morgan fingerprint density at radius 2 is 0.732 bits per heavy atom. The van der Waals surface area contributed by atoms with Crippen molar-refractivity contribution in [3.05, 3.63) is 139 Å². The molecule has 97 heavy (non-hydrogen) atoms. The van der Waals surface area contributed by atoms with Crippen molar-refractivity contribution in [3.63, 3.8) is 0 Å². The molecule has 8 aromatic carbocycles. The summed E-state index contributed by atoms with van der Waals surface area (Å²) in [7, 11) is 9.69. The zero-order valence-corrected chi connectivity index (χ0v) is 62.3. The first-order chi connectivity index (χ1) is 46.3. The maximum absolute atomic E-state index is 7.69. The van der Waals surface area contributed by atoms with Gasteiger partial charge in [0.15, 0.2) is 69.0 Å². The minimum atomic E-state index is -0.211. The third-order valence-electron chi connectivity index (χ3n) is 15.3. The topological polar surface area (TPSA) is 227 Å². The molecule has 0 spiro atoms. The van der Waals surface area contributed by atoms with Gasteiger partial charge in [0.05, 0.1) is 106 Å². The monoisotopic (exact) mass is 1570 g/mol. The maximum atomic E-state index is 7.69. The summed E-state index contributed by atoms with van der Waals surface area (Å²) in [6.45, 7) is 1.52. The van der Waals surface area contributed by atoms with Gasteiger partial charge in [-0.2, -0.15) is 0 Å². The molecule has 12 bridgehead atoms. The van der Waals surface area contributed by atoms with E-state index in [4.69, 9.17) is 225 Å². The van der Waals surface area contributed by atoms with Crippen molar-refractivity contribution in [3.8, 4) is 132 Å². The molecule has 6 heterocycles. The number of fused-ring (bicyclic) bond motifs is 18. The Kier molecular flexibility index (Phi) is 19.9. The molecule has 20 nitrogen and oxygen atoms in total. The molecular weight excluding hydrogens is 1540 g/mol. The van der Waals surface area contributed by atoms with Gasteiger partial charge in [-0.1, -0.05) is 158 Å². The molecule has 0 amide bonds. The molecule has 11 aromatic rings. The Labute approximate surface area is 617 Å². The van der Waals surface area contributed by atoms with E-state index >= 15 is 0 Å². The molecule has 0 atom stereocenters. The Morgan fingerprint density at radius 3 is 1.24 bits per heavy atom. The normalized spacial score (nSPS) is 11.8. The van der Waals surface area contributed by atoms with Crippen LogP contribution in [0.25, 0.3) is 89.7 Å². The molecule has 3 aliphatic rings. The van der Waals surface area contributed by atoms with Crippen molar-refractivity contribution < 1.29 is 76.7 Å². The molecule has 0 fully saturated rings. The number of aromatic nitrogens is 8. The molecule has 3 aliphatic heterocycles. The fourth-order valence-corrected chi connectivity index (χ4v) is 14.1. The zero-order valence-electron chi connectivity index (χ0n) is 51.0. The average Bonchev–Trinajstić information content (AvgIpc) is 1.60. The standard InChI is InChI=1S/C64H35Cl11N8O11.CH4O.Zn/c1-21-30-31-42(69)53(38(21)65)94-52-28(89-7)18-11-19-29(52)90-20-22-12-8-13-23(84-2)49(22)91-54-43(70)35-32(39(66)46(54)73)59-79-60-34-37(45(72)56(48(75)41(34)68)93-51-26(87-5)16-10-17-27(51)88-6)64(82-60)83-61-33-36(62(80-61)77-57(30)76-58(31)78-63(35)81-59)44(71)55(47(74)40(33)67)92-50-24(85-3)14-9-15-25(50)86-4;1-2;/h8-19H,20H2,1-7H3;2H,1H3;/q-2;;+2. The summed E-state index contributed by atoms with van der Waals surface area (Å²) in [5.41, 5.74) is 0.404. The third-order valence-corrected chi connectivity index (χ3v) is 19.7. The van der Waals surface area contributed by atoms with E-state index in [1.54, 1.807) is 79.7 Å². The van der Waals surface area contributed by atoms with Crippen LogP contribution in [-0.2, 0) is 26.1 Å². The van der Waals surface area contributed by atoms with Gasteiger partial charge in [0.1, 0.15) is 21.7 Å². The van der Waals surface area contributed by atoms with Crippen LogP contribution in [-0.4, -0.2) is 84.8 Å². The van der Waals surface area contributed by atoms with E-state index in [0.717, 1.165) is 7.11 Å². The van der Waals surface area contributed by atoms with E-state index < -0.39 is 0 Å². The fraction of sp³-hybridized carbons (Fsp3) is 0.138. The van der Waals surface area contributed by atoms with Crippen molar-refractivity contribution in [2.45, 2.75) is 13.5 Å². The number of rotatable bonds is 10. The van der Waals surface area contributed by atoms with Crippen LogP contribution >= 0.6 is 128 Å². The molecule has 490 valence electrons. The average molecular weight is 1580 g/mol. The van der Waals surface area contributed by atoms with Crippen molar-refractivity contribution >= 4 is 172 Å². The van der Waals surface area contributed by atoms with E-state index in [2.05, 4.69) is 0 Å². The van der Waals surface area contributed by atoms with Crippen LogP contribution in [0.5, 0.6) is 86.2 Å². The van der Waals surface area contributed by atoms with Gasteiger partial charge in [-0.3, -0.25) is 0 Å². The fourth-order valence-electron chi connectivity index (χ4n) is 10.9. The summed E-state index contributed by atoms with van der Waals surface area (Å²) < 4.78 is 67.7. The summed E-state index contributed by atoms with van der Waals surface area (Å²) in [6, 6.07) is 20.1. The Balaban J connectivity index is 0.00000296. The van der Waals surface area contributed by atoms with Crippen molar-refractivity contribution in [2.75, 3.05) is 49.8 Å². The summed E-state index contributed by atoms with van der Waals surface area (Å²) in [6.07, 6.45) is 0. The minimum Gasteiger partial charge on any atom is -0.493 e. The number of hydrogen-bond acceptors (Lipinski definition) is 18. The number of nitrogens with zero attached hydrogens (tertiary/aromatic N) is 8. The summed E-state index contributed by atoms with van der Waals surface area (Å²) in [5.74, 6) is 0.766. The van der Waals surface area contributed by atoms with E-state index in [-0.39, 0.29) is 257 Å². The number of aliphatic hydroxyl groups is 1. The molecule has 0 radical (unpaired) electrons. The van der Waals surface area contributed by atoms with Gasteiger partial charge in [-0.05, 0) is 55.0 Å². The minimum absolute atomic E-state index is 0. The van der Waals surface area contributed by atoms with Crippen molar-refractivity contribution in [1.82, 2.24) is 39.9 Å². The van der Waals surface area contributed by atoms with Gasteiger partial charge >= 0.3 is 19.5 Å². The molecule has 3 aromatic heterocycles. The zero-order chi connectivity index (χ0) is 68.0. The maximum Gasteiger partial charge on any atom is 2.00 e. The van der Waals surface area contributed by atoms with E-state index in [9.17, 15) is 0 Å². The Morgan fingerprint density at radius 1 is 0.361 bits per heavy atom. The second-order valence-electron chi connectivity index (χ2n) is 20.3. The van der Waals surface area contributed by atoms with Crippen LogP contribution in [0.3, 0.4) is 0 Å². The Bertz CT molecular complexity index is 5300. The van der Waals surface area contributed by atoms with Crippen LogP contribution in [0.15, 0.2) is 72.8 Å². The van der Waals surface area contributed by atoms with Crippen molar-refractivity contribution in [2.24, 2.45) is 0 Å². The molecular formula is C65H39Cl11N8O12Zn. The largest absolute Gasteiger partial charge is 2.00 e. The molecule has 0 aliphatic carbocycles. The molecule has 1 N–H and O–H groups in total. The third kappa shape index (κ3) is 11.4. The number of methoxy groups -OCH3 is 6. The van der Waals surface area contributed by atoms with Gasteiger partial charge in [-0.15, -0.1) is 0 Å². The number of ether oxygens (including phenoxy) is 11. The molecule has 0 saturated heterocycles. The second kappa shape index (κ2) is 27.8. The van der Waals surface area contributed by atoms with Gasteiger partial charge < -0.3 is 87.1 Å². The second-order valence-corrected chi connectivity index (χ2v) is 24.5. The quantitative estimate of drug-likeness (QED) is 0.0991. The van der Waals surface area contributed by atoms with Crippen molar-refractivity contribution in [1.29, 1.82) is 0 Å².